The molecule has 1 aromatic carbocycles. The minimum Gasteiger partial charge on any atom is -0.219 e. The molecule has 2 atom stereocenters. The van der Waals surface area contributed by atoms with Crippen molar-refractivity contribution < 1.29 is 10.3 Å². The summed E-state index contributed by atoms with van der Waals surface area (Å²) in [7, 11) is 1.78. The van der Waals surface area contributed by atoms with E-state index < -0.39 is 0 Å². The molecule has 0 fully saturated rings. The number of nitrogens with one attached hydrogen (secondary N) is 1. The first-order valence-electron chi connectivity index (χ1n) is 7.71. The van der Waals surface area contributed by atoms with Gasteiger partial charge in [0.05, 0.1) is 7.05 Å². The lowest BCUT2D eigenvalue weighted by Crippen LogP contribution is -3.06. The summed E-state index contributed by atoms with van der Waals surface area (Å²) in [5.74, 6) is 0.577. The molecule has 0 aromatic heterocycles. The minimum atomic E-state index is 0.542. The largest absolute Gasteiger partial charge is 0.219 e. The zero-order valence-electron chi connectivity index (χ0n) is 14.0. The van der Waals surface area contributed by atoms with Crippen LogP contribution in [0.1, 0.15) is 64.5 Å². The number of quaternary nitrogens is 1. The second-order valence-corrected chi connectivity index (χ2v) is 4.29. The number of hydrogen-bond acceptors (Lipinski definition) is 1. The van der Waals surface area contributed by atoms with Crippen LogP contribution in [0.25, 0.3) is 0 Å². The predicted molar refractivity (Wildman–Crippen MR) is 85.1 cm³/mol. The van der Waals surface area contributed by atoms with Crippen molar-refractivity contribution in [2.75, 3.05) is 13.6 Å². The highest BCUT2D eigenvalue weighted by atomic mass is 16.5. The van der Waals surface area contributed by atoms with Crippen LogP contribution in [-0.4, -0.2) is 18.8 Å². The third-order valence-electron chi connectivity index (χ3n) is 2.90. The van der Waals surface area contributed by atoms with Crippen molar-refractivity contribution in [3.05, 3.63) is 35.4 Å². The van der Waals surface area contributed by atoms with Crippen LogP contribution >= 0.6 is 0 Å². The van der Waals surface area contributed by atoms with Crippen molar-refractivity contribution in [1.82, 2.24) is 0 Å². The van der Waals surface area contributed by atoms with Gasteiger partial charge in [-0.2, -0.15) is 5.06 Å². The molecule has 1 aromatic rings. The van der Waals surface area contributed by atoms with Gasteiger partial charge in [-0.15, -0.1) is 0 Å². The first-order valence-corrected chi connectivity index (χ1v) is 7.71. The Kier molecular flexibility index (Phi) is 14.6. The summed E-state index contributed by atoms with van der Waals surface area (Å²) < 4.78 is 0. The van der Waals surface area contributed by atoms with Gasteiger partial charge in [0.15, 0.2) is 0 Å². The highest BCUT2D eigenvalue weighted by Crippen LogP contribution is 2.22. The van der Waals surface area contributed by atoms with E-state index in [0.29, 0.717) is 11.0 Å². The Hall–Kier alpha value is -0.860. The van der Waals surface area contributed by atoms with E-state index in [1.54, 1.807) is 7.05 Å². The molecular weight excluding hydrogens is 234 g/mol. The third-order valence-corrected chi connectivity index (χ3v) is 2.90. The lowest BCUT2D eigenvalue weighted by atomic mass is 9.92. The van der Waals surface area contributed by atoms with Crippen LogP contribution in [0.2, 0.25) is 0 Å². The molecule has 0 saturated carbocycles. The summed E-state index contributed by atoms with van der Waals surface area (Å²) >= 11 is 0. The van der Waals surface area contributed by atoms with Crippen LogP contribution in [0.3, 0.4) is 0 Å². The zero-order valence-corrected chi connectivity index (χ0v) is 14.0. The van der Waals surface area contributed by atoms with Crippen molar-refractivity contribution >= 4 is 0 Å². The lowest BCUT2D eigenvalue weighted by Gasteiger charge is -2.15. The molecule has 0 aliphatic carbocycles. The second kappa shape index (κ2) is 13.6. The summed E-state index contributed by atoms with van der Waals surface area (Å²) in [5, 5.41) is 9.75. The molecule has 0 radical (unpaired) electrons. The fourth-order valence-corrected chi connectivity index (χ4v) is 1.83. The highest BCUT2D eigenvalue weighted by Gasteiger charge is 2.11. The van der Waals surface area contributed by atoms with Crippen LogP contribution in [0.4, 0.5) is 0 Å². The van der Waals surface area contributed by atoms with E-state index in [1.165, 1.54) is 11.1 Å². The fraction of sp³-hybridized carbons (Fsp3) is 0.647. The van der Waals surface area contributed by atoms with Gasteiger partial charge >= 0.3 is 0 Å². The normalized spacial score (nSPS) is 12.4. The van der Waals surface area contributed by atoms with E-state index in [4.69, 9.17) is 0 Å². The summed E-state index contributed by atoms with van der Waals surface area (Å²) in [5.41, 5.74) is 2.70. The van der Waals surface area contributed by atoms with Gasteiger partial charge in [0.25, 0.3) is 0 Å². The van der Waals surface area contributed by atoms with Crippen LogP contribution in [-0.2, 0) is 0 Å². The maximum Gasteiger partial charge on any atom is 0.107 e. The maximum absolute atomic E-state index is 9.20. The van der Waals surface area contributed by atoms with E-state index in [1.807, 2.05) is 27.7 Å². The molecule has 0 aliphatic rings. The van der Waals surface area contributed by atoms with E-state index in [9.17, 15) is 5.21 Å². The number of hydrogen-bond donors (Lipinski definition) is 2. The molecule has 2 nitrogen and oxygen atoms in total. The first kappa shape index (κ1) is 20.5. The molecule has 0 bridgehead atoms. The molecule has 2 N–H and O–H groups in total. The fourth-order valence-electron chi connectivity index (χ4n) is 1.83. The Morgan fingerprint density at radius 3 is 1.89 bits per heavy atom. The van der Waals surface area contributed by atoms with Crippen molar-refractivity contribution in [1.29, 1.82) is 0 Å². The summed E-state index contributed by atoms with van der Waals surface area (Å²) in [6.45, 7) is 13.1. The van der Waals surface area contributed by atoms with Gasteiger partial charge in [0, 0.05) is 6.42 Å². The van der Waals surface area contributed by atoms with Gasteiger partial charge in [-0.3, -0.25) is 0 Å². The maximum atomic E-state index is 9.20. The smallest absolute Gasteiger partial charge is 0.107 e. The van der Waals surface area contributed by atoms with E-state index in [-0.39, 0.29) is 0 Å². The molecule has 0 amide bonds. The Balaban J connectivity index is 0. The molecule has 2 unspecified atom stereocenters. The molecule has 0 heterocycles. The Morgan fingerprint density at radius 2 is 1.53 bits per heavy atom. The van der Waals surface area contributed by atoms with Crippen LogP contribution in [0.5, 0.6) is 0 Å². The zero-order chi connectivity index (χ0) is 15.3. The monoisotopic (exact) mass is 268 g/mol. The van der Waals surface area contributed by atoms with Gasteiger partial charge in [-0.25, -0.2) is 5.21 Å². The average molecular weight is 268 g/mol. The van der Waals surface area contributed by atoms with Crippen molar-refractivity contribution in [3.63, 3.8) is 0 Å². The van der Waals surface area contributed by atoms with E-state index in [0.717, 1.165) is 19.4 Å². The second-order valence-electron chi connectivity index (χ2n) is 4.29. The van der Waals surface area contributed by atoms with E-state index >= 15 is 0 Å². The summed E-state index contributed by atoms with van der Waals surface area (Å²) in [6.07, 6.45) is 2.18. The number of benzene rings is 1. The lowest BCUT2D eigenvalue weighted by molar-refractivity contribution is -1.07. The SMILES string of the molecule is CC.CC.CCC(CC[NH+](C)O)c1ccc(C)cc1. The van der Waals surface area contributed by atoms with Gasteiger partial charge in [-0.1, -0.05) is 64.4 Å². The van der Waals surface area contributed by atoms with Gasteiger partial charge in [0.1, 0.15) is 6.54 Å². The Bertz CT molecular complexity index is 280. The molecule has 2 heteroatoms. The standard InChI is InChI=1S/C13H21NO.2C2H6/c1-4-12(9-10-14(3)15)13-7-5-11(2)6-8-13;2*1-2/h5-8,12,15H,4,9-10H2,1-3H3;2*1-2H3/p+1. The minimum absolute atomic E-state index is 0.542. The molecule has 0 aliphatic heterocycles. The first-order chi connectivity index (χ1) is 9.13. The molecule has 19 heavy (non-hydrogen) atoms. The molecule has 0 saturated heterocycles. The predicted octanol–water partition coefficient (Wildman–Crippen LogP) is 3.84. The van der Waals surface area contributed by atoms with Crippen LogP contribution in [0.15, 0.2) is 24.3 Å². The van der Waals surface area contributed by atoms with E-state index in [2.05, 4.69) is 38.1 Å². The molecule has 112 valence electrons. The summed E-state index contributed by atoms with van der Waals surface area (Å²) in [4.78, 5) is 0. The molecule has 0 spiro atoms. The molecular formula is C17H34NO+. The number of aryl methyl sites for hydroxylation is 1. The molecule has 1 rings (SSSR count). The van der Waals surface area contributed by atoms with Gasteiger partial charge in [-0.05, 0) is 24.8 Å². The third kappa shape index (κ3) is 9.69. The van der Waals surface area contributed by atoms with Crippen molar-refractivity contribution in [3.8, 4) is 0 Å². The number of rotatable bonds is 5. The topological polar surface area (TPSA) is 24.7 Å². The average Bonchev–Trinajstić information content (AvgIpc) is 2.45. The summed E-state index contributed by atoms with van der Waals surface area (Å²) in [6, 6.07) is 8.73. The quantitative estimate of drug-likeness (QED) is 0.779. The van der Waals surface area contributed by atoms with Gasteiger partial charge in [0.2, 0.25) is 0 Å². The number of hydroxylamine groups is 2. The Morgan fingerprint density at radius 1 is 1.05 bits per heavy atom. The van der Waals surface area contributed by atoms with Crippen molar-refractivity contribution in [2.45, 2.75) is 60.3 Å². The van der Waals surface area contributed by atoms with Crippen LogP contribution in [0, 0.1) is 6.92 Å². The van der Waals surface area contributed by atoms with Gasteiger partial charge < -0.3 is 0 Å². The van der Waals surface area contributed by atoms with Crippen LogP contribution < -0.4 is 5.06 Å². The highest BCUT2D eigenvalue weighted by molar-refractivity contribution is 5.24. The Labute approximate surface area is 120 Å². The van der Waals surface area contributed by atoms with Crippen molar-refractivity contribution in [2.24, 2.45) is 0 Å².